The number of rotatable bonds is 10. The van der Waals surface area contributed by atoms with Crippen LogP contribution in [0.4, 0.5) is 0 Å². The average Bonchev–Trinajstić information content (AvgIpc) is 2.88. The molecule has 2 rings (SSSR count). The summed E-state index contributed by atoms with van der Waals surface area (Å²) in [6, 6.07) is 9.59. The number of nitrogens with one attached hydrogen (secondary N) is 1. The fourth-order valence-electron chi connectivity index (χ4n) is 3.27. The maximum absolute atomic E-state index is 3.74. The van der Waals surface area contributed by atoms with Crippen molar-refractivity contribution in [3.8, 4) is 0 Å². The summed E-state index contributed by atoms with van der Waals surface area (Å²) >= 11 is 0. The summed E-state index contributed by atoms with van der Waals surface area (Å²) in [7, 11) is 0. The number of hydrogen-bond donors (Lipinski definition) is 1. The SMILES string of the molecule is CCCCCCCCCCNC1Cc2ccccc2C1. The summed E-state index contributed by atoms with van der Waals surface area (Å²) in [5.41, 5.74) is 3.11. The highest BCUT2D eigenvalue weighted by atomic mass is 14.9. The maximum Gasteiger partial charge on any atom is 0.0148 e. The van der Waals surface area contributed by atoms with Gasteiger partial charge in [0.1, 0.15) is 0 Å². The summed E-state index contributed by atoms with van der Waals surface area (Å²) in [5.74, 6) is 0. The Morgan fingerprint density at radius 1 is 0.850 bits per heavy atom. The number of hydrogen-bond acceptors (Lipinski definition) is 1. The quantitative estimate of drug-likeness (QED) is 0.599. The second-order valence-corrected chi connectivity index (χ2v) is 6.30. The van der Waals surface area contributed by atoms with Crippen molar-refractivity contribution in [1.82, 2.24) is 5.32 Å². The Morgan fingerprint density at radius 3 is 2.00 bits per heavy atom. The molecule has 0 saturated carbocycles. The normalized spacial score (nSPS) is 14.7. The van der Waals surface area contributed by atoms with E-state index in [0.717, 1.165) is 0 Å². The molecule has 0 saturated heterocycles. The zero-order valence-electron chi connectivity index (χ0n) is 13.2. The van der Waals surface area contributed by atoms with E-state index in [9.17, 15) is 0 Å². The highest BCUT2D eigenvalue weighted by Crippen LogP contribution is 2.21. The Morgan fingerprint density at radius 2 is 1.40 bits per heavy atom. The molecule has 20 heavy (non-hydrogen) atoms. The van der Waals surface area contributed by atoms with Crippen LogP contribution in [0.3, 0.4) is 0 Å². The molecule has 0 atom stereocenters. The minimum atomic E-state index is 0.692. The summed E-state index contributed by atoms with van der Waals surface area (Å²) in [4.78, 5) is 0. The summed E-state index contributed by atoms with van der Waals surface area (Å²) in [6.07, 6.45) is 13.7. The topological polar surface area (TPSA) is 12.0 Å². The van der Waals surface area contributed by atoms with Crippen molar-refractivity contribution in [1.29, 1.82) is 0 Å². The summed E-state index contributed by atoms with van der Waals surface area (Å²) in [5, 5.41) is 3.74. The maximum atomic E-state index is 3.74. The molecule has 0 radical (unpaired) electrons. The van der Waals surface area contributed by atoms with Crippen LogP contribution in [-0.4, -0.2) is 12.6 Å². The van der Waals surface area contributed by atoms with Gasteiger partial charge in [-0.05, 0) is 36.9 Å². The predicted molar refractivity (Wildman–Crippen MR) is 88.3 cm³/mol. The van der Waals surface area contributed by atoms with Gasteiger partial charge in [-0.1, -0.05) is 76.1 Å². The second-order valence-electron chi connectivity index (χ2n) is 6.30. The van der Waals surface area contributed by atoms with Gasteiger partial charge in [-0.15, -0.1) is 0 Å². The summed E-state index contributed by atoms with van der Waals surface area (Å²) in [6.45, 7) is 3.49. The first kappa shape index (κ1) is 15.6. The molecule has 0 amide bonds. The molecular weight excluding hydrogens is 242 g/mol. The van der Waals surface area contributed by atoms with Crippen LogP contribution in [0.15, 0.2) is 24.3 Å². The first-order valence-corrected chi connectivity index (χ1v) is 8.70. The third-order valence-corrected chi connectivity index (χ3v) is 4.51. The van der Waals surface area contributed by atoms with E-state index in [1.54, 1.807) is 11.1 Å². The highest BCUT2D eigenvalue weighted by molar-refractivity contribution is 5.33. The zero-order chi connectivity index (χ0) is 14.0. The highest BCUT2D eigenvalue weighted by Gasteiger charge is 2.19. The smallest absolute Gasteiger partial charge is 0.0148 e. The molecule has 1 aliphatic carbocycles. The Balaban J connectivity index is 1.45. The van der Waals surface area contributed by atoms with E-state index in [4.69, 9.17) is 0 Å². The van der Waals surface area contributed by atoms with Crippen LogP contribution < -0.4 is 5.32 Å². The van der Waals surface area contributed by atoms with E-state index in [1.807, 2.05) is 0 Å². The van der Waals surface area contributed by atoms with Crippen molar-refractivity contribution in [2.24, 2.45) is 0 Å². The standard InChI is InChI=1S/C19H31N/c1-2-3-4-5-6-7-8-11-14-20-19-15-17-12-9-10-13-18(17)16-19/h9-10,12-13,19-20H,2-8,11,14-16H2,1H3. The van der Waals surface area contributed by atoms with Crippen molar-refractivity contribution >= 4 is 0 Å². The van der Waals surface area contributed by atoms with Gasteiger partial charge >= 0.3 is 0 Å². The molecule has 112 valence electrons. The zero-order valence-corrected chi connectivity index (χ0v) is 13.2. The monoisotopic (exact) mass is 273 g/mol. The van der Waals surface area contributed by atoms with Crippen LogP contribution in [0.5, 0.6) is 0 Å². The number of fused-ring (bicyclic) bond motifs is 1. The minimum Gasteiger partial charge on any atom is -0.313 e. The van der Waals surface area contributed by atoms with Crippen LogP contribution in [-0.2, 0) is 12.8 Å². The van der Waals surface area contributed by atoms with E-state index in [1.165, 1.54) is 70.8 Å². The third kappa shape index (κ3) is 5.28. The van der Waals surface area contributed by atoms with Crippen LogP contribution >= 0.6 is 0 Å². The summed E-state index contributed by atoms with van der Waals surface area (Å²) < 4.78 is 0. The van der Waals surface area contributed by atoms with E-state index in [-0.39, 0.29) is 0 Å². The molecule has 1 heteroatoms. The Bertz CT molecular complexity index is 347. The largest absolute Gasteiger partial charge is 0.313 e. The van der Waals surface area contributed by atoms with Crippen molar-refractivity contribution in [2.45, 2.75) is 77.2 Å². The lowest BCUT2D eigenvalue weighted by molar-refractivity contribution is 0.500. The van der Waals surface area contributed by atoms with Crippen molar-refractivity contribution in [3.05, 3.63) is 35.4 Å². The molecule has 1 aromatic rings. The fourth-order valence-corrected chi connectivity index (χ4v) is 3.27. The molecule has 0 fully saturated rings. The van der Waals surface area contributed by atoms with Crippen LogP contribution in [0, 0.1) is 0 Å². The lowest BCUT2D eigenvalue weighted by Gasteiger charge is -2.11. The van der Waals surface area contributed by atoms with Gasteiger partial charge in [0.25, 0.3) is 0 Å². The molecule has 0 bridgehead atoms. The third-order valence-electron chi connectivity index (χ3n) is 4.51. The Kier molecular flexibility index (Phi) is 7.14. The molecule has 0 unspecified atom stereocenters. The van der Waals surface area contributed by atoms with E-state index >= 15 is 0 Å². The first-order chi connectivity index (χ1) is 9.90. The molecule has 0 aliphatic heterocycles. The molecular formula is C19H31N. The second kappa shape index (κ2) is 9.18. The molecule has 0 aromatic heterocycles. The fraction of sp³-hybridized carbons (Fsp3) is 0.684. The van der Waals surface area contributed by atoms with E-state index in [2.05, 4.69) is 36.5 Å². The number of unbranched alkanes of at least 4 members (excludes halogenated alkanes) is 7. The average molecular weight is 273 g/mol. The lowest BCUT2D eigenvalue weighted by Crippen LogP contribution is -2.30. The molecule has 1 N–H and O–H groups in total. The van der Waals surface area contributed by atoms with Crippen molar-refractivity contribution < 1.29 is 0 Å². The van der Waals surface area contributed by atoms with Crippen LogP contribution in [0.1, 0.15) is 69.4 Å². The number of benzene rings is 1. The van der Waals surface area contributed by atoms with E-state index in [0.29, 0.717) is 6.04 Å². The van der Waals surface area contributed by atoms with E-state index < -0.39 is 0 Å². The van der Waals surface area contributed by atoms with Gasteiger partial charge in [0.05, 0.1) is 0 Å². The first-order valence-electron chi connectivity index (χ1n) is 8.70. The van der Waals surface area contributed by atoms with Gasteiger partial charge in [0.2, 0.25) is 0 Å². The van der Waals surface area contributed by atoms with Crippen LogP contribution in [0.2, 0.25) is 0 Å². The van der Waals surface area contributed by atoms with Gasteiger partial charge in [-0.3, -0.25) is 0 Å². The predicted octanol–water partition coefficient (Wildman–Crippen LogP) is 4.88. The molecule has 1 aliphatic rings. The van der Waals surface area contributed by atoms with Crippen molar-refractivity contribution in [2.75, 3.05) is 6.54 Å². The van der Waals surface area contributed by atoms with Gasteiger partial charge in [-0.2, -0.15) is 0 Å². The Labute approximate surface area is 125 Å². The van der Waals surface area contributed by atoms with Gasteiger partial charge in [-0.25, -0.2) is 0 Å². The minimum absolute atomic E-state index is 0.692. The molecule has 1 aromatic carbocycles. The molecule has 0 heterocycles. The lowest BCUT2D eigenvalue weighted by atomic mass is 10.1. The van der Waals surface area contributed by atoms with Gasteiger partial charge in [0.15, 0.2) is 0 Å². The molecule has 1 nitrogen and oxygen atoms in total. The van der Waals surface area contributed by atoms with Crippen LogP contribution in [0.25, 0.3) is 0 Å². The van der Waals surface area contributed by atoms with Gasteiger partial charge in [0, 0.05) is 6.04 Å². The van der Waals surface area contributed by atoms with Crippen molar-refractivity contribution in [3.63, 3.8) is 0 Å². The molecule has 0 spiro atoms. The Hall–Kier alpha value is -0.820. The van der Waals surface area contributed by atoms with Gasteiger partial charge < -0.3 is 5.32 Å².